The van der Waals surface area contributed by atoms with Crippen molar-refractivity contribution in [2.75, 3.05) is 42.3 Å². The molecule has 1 N–H and O–H groups in total. The fourth-order valence-corrected chi connectivity index (χ4v) is 3.65. The Morgan fingerprint density at radius 3 is 2.64 bits per heavy atom. The number of carbonyl (C=O) groups excluding carboxylic acids is 1. The van der Waals surface area contributed by atoms with Crippen LogP contribution < -0.4 is 10.2 Å². The fraction of sp³-hybridized carbons (Fsp3) is 0.316. The maximum atomic E-state index is 12.1. The molecule has 2 aromatic carbocycles. The number of halogens is 1. The van der Waals surface area contributed by atoms with Crippen LogP contribution in [0, 0.1) is 0 Å². The second-order valence-corrected chi connectivity index (χ2v) is 7.24. The van der Waals surface area contributed by atoms with E-state index in [1.807, 2.05) is 48.5 Å². The number of amides is 1. The van der Waals surface area contributed by atoms with E-state index in [4.69, 9.17) is 16.3 Å². The standard InChI is InChI=1S/C19H21ClN2O2S/c20-16-3-1-2-15(12-16)13-25-14-19(23)21-17-4-6-18(7-5-17)22-8-10-24-11-9-22/h1-7,12H,8-11,13-14H2,(H,21,23). The first-order chi connectivity index (χ1) is 12.2. The highest BCUT2D eigenvalue weighted by Crippen LogP contribution is 2.20. The summed E-state index contributed by atoms with van der Waals surface area (Å²) in [6, 6.07) is 15.7. The van der Waals surface area contributed by atoms with Crippen molar-refractivity contribution in [3.05, 3.63) is 59.1 Å². The van der Waals surface area contributed by atoms with Crippen LogP contribution in [0.3, 0.4) is 0 Å². The number of hydrogen-bond donors (Lipinski definition) is 1. The Morgan fingerprint density at radius 1 is 1.16 bits per heavy atom. The number of nitrogens with one attached hydrogen (secondary N) is 1. The van der Waals surface area contributed by atoms with E-state index in [0.29, 0.717) is 5.75 Å². The molecule has 1 saturated heterocycles. The molecule has 0 saturated carbocycles. The number of hydrogen-bond acceptors (Lipinski definition) is 4. The van der Waals surface area contributed by atoms with Gasteiger partial charge in [0.15, 0.2) is 0 Å². The van der Waals surface area contributed by atoms with E-state index in [2.05, 4.69) is 10.2 Å². The molecule has 0 aliphatic carbocycles. The van der Waals surface area contributed by atoms with E-state index in [1.54, 1.807) is 11.8 Å². The molecule has 1 fully saturated rings. The smallest absolute Gasteiger partial charge is 0.234 e. The van der Waals surface area contributed by atoms with Gasteiger partial charge in [-0.3, -0.25) is 4.79 Å². The van der Waals surface area contributed by atoms with Crippen molar-refractivity contribution in [3.8, 4) is 0 Å². The van der Waals surface area contributed by atoms with E-state index in [-0.39, 0.29) is 5.91 Å². The van der Waals surface area contributed by atoms with Gasteiger partial charge in [-0.25, -0.2) is 0 Å². The van der Waals surface area contributed by atoms with Gasteiger partial charge < -0.3 is 15.0 Å². The number of ether oxygens (including phenoxy) is 1. The highest BCUT2D eigenvalue weighted by atomic mass is 35.5. The van der Waals surface area contributed by atoms with Crippen LogP contribution in [0.2, 0.25) is 5.02 Å². The van der Waals surface area contributed by atoms with Gasteiger partial charge in [0.2, 0.25) is 5.91 Å². The quantitative estimate of drug-likeness (QED) is 0.825. The zero-order chi connectivity index (χ0) is 17.5. The molecule has 0 aromatic heterocycles. The number of benzene rings is 2. The number of rotatable bonds is 6. The van der Waals surface area contributed by atoms with Crippen LogP contribution in [0.1, 0.15) is 5.56 Å². The highest BCUT2D eigenvalue weighted by Gasteiger charge is 2.11. The second kappa shape index (κ2) is 9.13. The number of anilines is 2. The SMILES string of the molecule is O=C(CSCc1cccc(Cl)c1)Nc1ccc(N2CCOCC2)cc1. The number of carbonyl (C=O) groups is 1. The molecule has 25 heavy (non-hydrogen) atoms. The summed E-state index contributed by atoms with van der Waals surface area (Å²) in [6.45, 7) is 3.35. The van der Waals surface area contributed by atoms with Gasteiger partial charge in [0.05, 0.1) is 19.0 Å². The molecule has 0 atom stereocenters. The maximum Gasteiger partial charge on any atom is 0.234 e. The Kier molecular flexibility index (Phi) is 6.62. The lowest BCUT2D eigenvalue weighted by atomic mass is 10.2. The molecule has 132 valence electrons. The predicted molar refractivity (Wildman–Crippen MR) is 106 cm³/mol. The van der Waals surface area contributed by atoms with E-state index in [0.717, 1.165) is 54.0 Å². The summed E-state index contributed by atoms with van der Waals surface area (Å²) >= 11 is 7.54. The Balaban J connectivity index is 1.44. The minimum atomic E-state index is 0.00569. The van der Waals surface area contributed by atoms with Crippen LogP contribution >= 0.6 is 23.4 Å². The topological polar surface area (TPSA) is 41.6 Å². The molecule has 2 aromatic rings. The lowest BCUT2D eigenvalue weighted by molar-refractivity contribution is -0.113. The van der Waals surface area contributed by atoms with E-state index in [9.17, 15) is 4.79 Å². The Morgan fingerprint density at radius 2 is 1.92 bits per heavy atom. The molecule has 4 nitrogen and oxygen atoms in total. The van der Waals surface area contributed by atoms with Gasteiger partial charge in [0.1, 0.15) is 0 Å². The van der Waals surface area contributed by atoms with E-state index < -0.39 is 0 Å². The predicted octanol–water partition coefficient (Wildman–Crippen LogP) is 4.05. The molecule has 3 rings (SSSR count). The molecule has 0 spiro atoms. The van der Waals surface area contributed by atoms with Gasteiger partial charge in [-0.2, -0.15) is 0 Å². The Labute approximate surface area is 157 Å². The first-order valence-corrected chi connectivity index (χ1v) is 9.79. The van der Waals surface area contributed by atoms with Crippen LogP contribution in [0.15, 0.2) is 48.5 Å². The molecule has 0 bridgehead atoms. The molecule has 1 heterocycles. The van der Waals surface area contributed by atoms with Crippen LogP contribution in [-0.2, 0) is 15.3 Å². The minimum absolute atomic E-state index is 0.00569. The van der Waals surface area contributed by atoms with E-state index >= 15 is 0 Å². The van der Waals surface area contributed by atoms with Gasteiger partial charge in [0, 0.05) is 35.2 Å². The number of morpholine rings is 1. The summed E-state index contributed by atoms with van der Waals surface area (Å²) in [6.07, 6.45) is 0. The third-order valence-corrected chi connectivity index (χ3v) is 5.16. The third kappa shape index (κ3) is 5.66. The summed E-state index contributed by atoms with van der Waals surface area (Å²) in [5.74, 6) is 1.19. The molecule has 1 aliphatic rings. The van der Waals surface area contributed by atoms with Gasteiger partial charge in [-0.05, 0) is 42.0 Å². The number of nitrogens with zero attached hydrogens (tertiary/aromatic N) is 1. The average molecular weight is 377 g/mol. The summed E-state index contributed by atoms with van der Waals surface area (Å²) in [5.41, 5.74) is 3.11. The summed E-state index contributed by atoms with van der Waals surface area (Å²) in [5, 5.41) is 3.67. The Bertz CT molecular complexity index is 703. The Hall–Kier alpha value is -1.69. The van der Waals surface area contributed by atoms with Crippen LogP contribution in [0.5, 0.6) is 0 Å². The molecular weight excluding hydrogens is 356 g/mol. The van der Waals surface area contributed by atoms with E-state index in [1.165, 1.54) is 0 Å². The highest BCUT2D eigenvalue weighted by molar-refractivity contribution is 7.99. The third-order valence-electron chi connectivity index (χ3n) is 3.92. The first kappa shape index (κ1) is 18.1. The zero-order valence-electron chi connectivity index (χ0n) is 13.9. The molecule has 0 unspecified atom stereocenters. The van der Waals surface area contributed by atoms with Crippen molar-refractivity contribution in [2.45, 2.75) is 5.75 Å². The van der Waals surface area contributed by atoms with Crippen molar-refractivity contribution in [1.82, 2.24) is 0 Å². The summed E-state index contributed by atoms with van der Waals surface area (Å²) < 4.78 is 5.37. The van der Waals surface area contributed by atoms with Gasteiger partial charge >= 0.3 is 0 Å². The molecule has 0 radical (unpaired) electrons. The first-order valence-electron chi connectivity index (χ1n) is 8.25. The number of thioether (sulfide) groups is 1. The van der Waals surface area contributed by atoms with Gasteiger partial charge in [-0.15, -0.1) is 11.8 Å². The van der Waals surface area contributed by atoms with Crippen molar-refractivity contribution in [2.24, 2.45) is 0 Å². The van der Waals surface area contributed by atoms with Crippen LogP contribution in [-0.4, -0.2) is 38.0 Å². The second-order valence-electron chi connectivity index (χ2n) is 5.82. The fourth-order valence-electron chi connectivity index (χ4n) is 2.66. The average Bonchev–Trinajstić information content (AvgIpc) is 2.63. The summed E-state index contributed by atoms with van der Waals surface area (Å²) in [7, 11) is 0. The van der Waals surface area contributed by atoms with Crippen LogP contribution in [0.4, 0.5) is 11.4 Å². The zero-order valence-corrected chi connectivity index (χ0v) is 15.5. The summed E-state index contributed by atoms with van der Waals surface area (Å²) in [4.78, 5) is 14.4. The molecule has 1 amide bonds. The van der Waals surface area contributed by atoms with Crippen molar-refractivity contribution < 1.29 is 9.53 Å². The van der Waals surface area contributed by atoms with Crippen molar-refractivity contribution >= 4 is 40.6 Å². The molecule has 6 heteroatoms. The maximum absolute atomic E-state index is 12.1. The van der Waals surface area contributed by atoms with Gasteiger partial charge in [0.25, 0.3) is 0 Å². The minimum Gasteiger partial charge on any atom is -0.378 e. The van der Waals surface area contributed by atoms with Gasteiger partial charge in [-0.1, -0.05) is 23.7 Å². The lowest BCUT2D eigenvalue weighted by Crippen LogP contribution is -2.36. The van der Waals surface area contributed by atoms with Crippen molar-refractivity contribution in [1.29, 1.82) is 0 Å². The lowest BCUT2D eigenvalue weighted by Gasteiger charge is -2.28. The van der Waals surface area contributed by atoms with Crippen molar-refractivity contribution in [3.63, 3.8) is 0 Å². The normalized spacial score (nSPS) is 14.4. The molecule has 1 aliphatic heterocycles. The largest absolute Gasteiger partial charge is 0.378 e. The molecular formula is C19H21ClN2O2S. The van der Waals surface area contributed by atoms with Crippen LogP contribution in [0.25, 0.3) is 0 Å². The monoisotopic (exact) mass is 376 g/mol.